The van der Waals surface area contributed by atoms with E-state index in [1.54, 1.807) is 10.8 Å². The number of aryl methyl sites for hydroxylation is 2. The number of carbonyl (C=O) groups excluding carboxylic acids is 1. The third-order valence-electron chi connectivity index (χ3n) is 7.16. The first kappa shape index (κ1) is 23.2. The number of hydrogen-bond donors (Lipinski definition) is 0. The molecule has 0 aliphatic carbocycles. The van der Waals surface area contributed by atoms with Crippen LogP contribution in [0.2, 0.25) is 0 Å². The minimum atomic E-state index is -0.0402. The third-order valence-corrected chi connectivity index (χ3v) is 7.16. The van der Waals surface area contributed by atoms with Gasteiger partial charge in [-0.15, -0.1) is 0 Å². The number of nitrogens with zero attached hydrogens (tertiary/aromatic N) is 4. The highest BCUT2D eigenvalue weighted by Crippen LogP contribution is 2.30. The van der Waals surface area contributed by atoms with Crippen LogP contribution in [-0.4, -0.2) is 45.6 Å². The molecule has 0 spiro atoms. The van der Waals surface area contributed by atoms with Gasteiger partial charge in [-0.25, -0.2) is 0 Å². The van der Waals surface area contributed by atoms with E-state index in [1.807, 2.05) is 40.8 Å². The molecule has 0 radical (unpaired) electrons. The van der Waals surface area contributed by atoms with E-state index in [-0.39, 0.29) is 17.5 Å². The first-order chi connectivity index (χ1) is 16.8. The van der Waals surface area contributed by atoms with Gasteiger partial charge in [0.15, 0.2) is 0 Å². The molecule has 4 aromatic rings. The van der Waals surface area contributed by atoms with E-state index in [1.165, 1.54) is 11.3 Å². The molecule has 2 aromatic heterocycles. The molecule has 35 heavy (non-hydrogen) atoms. The summed E-state index contributed by atoms with van der Waals surface area (Å²) in [6.45, 7) is 11.1. The van der Waals surface area contributed by atoms with Crippen molar-refractivity contribution in [1.29, 1.82) is 0 Å². The summed E-state index contributed by atoms with van der Waals surface area (Å²) in [4.78, 5) is 31.9. The minimum absolute atomic E-state index is 0.000369. The molecule has 0 bridgehead atoms. The van der Waals surface area contributed by atoms with Gasteiger partial charge in [-0.1, -0.05) is 44.2 Å². The summed E-state index contributed by atoms with van der Waals surface area (Å²) < 4.78 is 3.67. The summed E-state index contributed by atoms with van der Waals surface area (Å²) in [5.74, 6) is 0.292. The smallest absolute Gasteiger partial charge is 0.275 e. The van der Waals surface area contributed by atoms with Gasteiger partial charge in [-0.05, 0) is 43.5 Å². The number of amides is 1. The molecule has 0 N–H and O–H groups in total. The molecule has 1 aliphatic rings. The molecule has 182 valence electrons. The number of aromatic nitrogens is 2. The standard InChI is InChI=1S/C29H34N4O2/c1-19(2)16-32-18-24(26-23-11-6-7-12-25(23)30(5)27(26)29(32)35)28(34)31-13-14-33(21(4)17-31)22-10-8-9-20(3)15-22/h6-12,15,18-19,21H,13-14,16-17H2,1-5H3/t21-/m1/s1. The lowest BCUT2D eigenvalue weighted by atomic mass is 10.1. The average molecular weight is 471 g/mol. The van der Waals surface area contributed by atoms with Crippen molar-refractivity contribution < 1.29 is 4.79 Å². The number of rotatable bonds is 4. The molecule has 6 heteroatoms. The molecule has 1 aliphatic heterocycles. The number of para-hydroxylation sites is 1. The largest absolute Gasteiger partial charge is 0.365 e. The quantitative estimate of drug-likeness (QED) is 0.430. The van der Waals surface area contributed by atoms with Crippen molar-refractivity contribution in [1.82, 2.24) is 14.0 Å². The first-order valence-corrected chi connectivity index (χ1v) is 12.5. The summed E-state index contributed by atoms with van der Waals surface area (Å²) in [5, 5.41) is 1.72. The van der Waals surface area contributed by atoms with Crippen LogP contribution in [0.1, 0.15) is 36.7 Å². The highest BCUT2D eigenvalue weighted by Gasteiger charge is 2.30. The number of fused-ring (bicyclic) bond motifs is 3. The van der Waals surface area contributed by atoms with E-state index in [4.69, 9.17) is 0 Å². The molecule has 3 heterocycles. The average Bonchev–Trinajstić information content (AvgIpc) is 3.13. The maximum absolute atomic E-state index is 14.0. The summed E-state index contributed by atoms with van der Waals surface area (Å²) >= 11 is 0. The van der Waals surface area contributed by atoms with Gasteiger partial charge < -0.3 is 18.9 Å². The lowest BCUT2D eigenvalue weighted by Crippen LogP contribution is -2.54. The number of pyridine rings is 1. The monoisotopic (exact) mass is 470 g/mol. The van der Waals surface area contributed by atoms with E-state index in [0.29, 0.717) is 36.6 Å². The Labute approximate surface area is 206 Å². The zero-order valence-electron chi connectivity index (χ0n) is 21.3. The lowest BCUT2D eigenvalue weighted by Gasteiger charge is -2.41. The van der Waals surface area contributed by atoms with Crippen LogP contribution in [0, 0.1) is 12.8 Å². The summed E-state index contributed by atoms with van der Waals surface area (Å²) in [7, 11) is 1.92. The van der Waals surface area contributed by atoms with Crippen molar-refractivity contribution in [3.63, 3.8) is 0 Å². The van der Waals surface area contributed by atoms with E-state index < -0.39 is 0 Å². The molecule has 1 fully saturated rings. The Morgan fingerprint density at radius 2 is 1.86 bits per heavy atom. The molecule has 0 unspecified atom stereocenters. The predicted molar refractivity (Wildman–Crippen MR) is 143 cm³/mol. The second-order valence-corrected chi connectivity index (χ2v) is 10.3. The van der Waals surface area contributed by atoms with Crippen molar-refractivity contribution >= 4 is 33.4 Å². The predicted octanol–water partition coefficient (Wildman–Crippen LogP) is 4.81. The van der Waals surface area contributed by atoms with Crippen molar-refractivity contribution in [3.8, 4) is 0 Å². The Hall–Kier alpha value is -3.54. The first-order valence-electron chi connectivity index (χ1n) is 12.5. The lowest BCUT2D eigenvalue weighted by molar-refractivity contribution is 0.0727. The molecular weight excluding hydrogens is 436 g/mol. The van der Waals surface area contributed by atoms with Crippen LogP contribution in [0.3, 0.4) is 0 Å². The zero-order valence-corrected chi connectivity index (χ0v) is 21.3. The minimum Gasteiger partial charge on any atom is -0.365 e. The summed E-state index contributed by atoms with van der Waals surface area (Å²) in [5.41, 5.74) is 4.58. The van der Waals surface area contributed by atoms with Crippen molar-refractivity contribution in [2.24, 2.45) is 13.0 Å². The number of hydrogen-bond acceptors (Lipinski definition) is 3. The van der Waals surface area contributed by atoms with Crippen LogP contribution in [0.15, 0.2) is 59.5 Å². The Kier molecular flexibility index (Phi) is 5.91. The van der Waals surface area contributed by atoms with Gasteiger partial charge in [-0.3, -0.25) is 9.59 Å². The van der Waals surface area contributed by atoms with Crippen LogP contribution >= 0.6 is 0 Å². The Bertz CT molecular complexity index is 1480. The molecule has 0 saturated carbocycles. The normalized spacial score (nSPS) is 16.6. The molecular formula is C29H34N4O2. The van der Waals surface area contributed by atoms with Gasteiger partial charge >= 0.3 is 0 Å². The number of carbonyl (C=O) groups is 1. The Morgan fingerprint density at radius 1 is 1.09 bits per heavy atom. The van der Waals surface area contributed by atoms with Crippen LogP contribution in [0.5, 0.6) is 0 Å². The molecule has 1 atom stereocenters. The van der Waals surface area contributed by atoms with E-state index >= 15 is 0 Å². The maximum Gasteiger partial charge on any atom is 0.275 e. The van der Waals surface area contributed by atoms with E-state index in [9.17, 15) is 9.59 Å². The second-order valence-electron chi connectivity index (χ2n) is 10.3. The molecule has 1 saturated heterocycles. The summed E-state index contributed by atoms with van der Waals surface area (Å²) in [6, 6.07) is 16.7. The number of piperazine rings is 1. The SMILES string of the molecule is Cc1cccc(N2CCN(C(=O)c3cn(CC(C)C)c(=O)c4c3c3ccccc3n4C)C[C@H]2C)c1. The van der Waals surface area contributed by atoms with Gasteiger partial charge in [-0.2, -0.15) is 0 Å². The van der Waals surface area contributed by atoms with Gasteiger partial charge in [0.25, 0.3) is 11.5 Å². The second kappa shape index (κ2) is 8.91. The van der Waals surface area contributed by atoms with Crippen molar-refractivity contribution in [2.45, 2.75) is 40.3 Å². The van der Waals surface area contributed by atoms with Crippen molar-refractivity contribution in [3.05, 3.63) is 76.2 Å². The Morgan fingerprint density at radius 3 is 2.57 bits per heavy atom. The highest BCUT2D eigenvalue weighted by molar-refractivity contribution is 6.17. The number of anilines is 1. The zero-order chi connectivity index (χ0) is 24.9. The fraction of sp³-hybridized carbons (Fsp3) is 0.379. The van der Waals surface area contributed by atoms with Crippen LogP contribution in [0.4, 0.5) is 5.69 Å². The van der Waals surface area contributed by atoms with E-state index in [0.717, 1.165) is 22.8 Å². The molecule has 2 aromatic carbocycles. The molecule has 1 amide bonds. The molecule has 5 rings (SSSR count). The van der Waals surface area contributed by atoms with Crippen LogP contribution in [-0.2, 0) is 13.6 Å². The topological polar surface area (TPSA) is 50.5 Å². The van der Waals surface area contributed by atoms with Crippen LogP contribution in [0.25, 0.3) is 21.8 Å². The van der Waals surface area contributed by atoms with Gasteiger partial charge in [0.05, 0.1) is 5.56 Å². The van der Waals surface area contributed by atoms with Gasteiger partial charge in [0, 0.05) is 67.4 Å². The molecule has 6 nitrogen and oxygen atoms in total. The number of benzene rings is 2. The Balaban J connectivity index is 1.57. The van der Waals surface area contributed by atoms with Gasteiger partial charge in [0.2, 0.25) is 0 Å². The van der Waals surface area contributed by atoms with Crippen molar-refractivity contribution in [2.75, 3.05) is 24.5 Å². The van der Waals surface area contributed by atoms with Crippen LogP contribution < -0.4 is 10.5 Å². The fourth-order valence-electron chi connectivity index (χ4n) is 5.53. The summed E-state index contributed by atoms with van der Waals surface area (Å²) in [6.07, 6.45) is 1.80. The van der Waals surface area contributed by atoms with Gasteiger partial charge in [0.1, 0.15) is 5.52 Å². The fourth-order valence-corrected chi connectivity index (χ4v) is 5.53. The highest BCUT2D eigenvalue weighted by atomic mass is 16.2. The van der Waals surface area contributed by atoms with E-state index in [2.05, 4.69) is 56.9 Å². The third kappa shape index (κ3) is 4.01. The maximum atomic E-state index is 14.0.